The lowest BCUT2D eigenvalue weighted by molar-refractivity contribution is 0.481. The minimum atomic E-state index is -0.583. The molecule has 0 aliphatic heterocycles. The van der Waals surface area contributed by atoms with Gasteiger partial charge in [-0.15, -0.1) is 0 Å². The number of hydrogen-bond acceptors (Lipinski definition) is 5. The second kappa shape index (κ2) is 8.24. The molecule has 30 heavy (non-hydrogen) atoms. The van der Waals surface area contributed by atoms with Gasteiger partial charge in [-0.1, -0.05) is 6.07 Å². The van der Waals surface area contributed by atoms with Gasteiger partial charge in [0.15, 0.2) is 5.75 Å². The van der Waals surface area contributed by atoms with Crippen molar-refractivity contribution in [1.82, 2.24) is 15.0 Å². The molecule has 0 spiro atoms. The lowest BCUT2D eigenvalue weighted by atomic mass is 10.1. The third-order valence-electron chi connectivity index (χ3n) is 4.49. The highest BCUT2D eigenvalue weighted by molar-refractivity contribution is 5.65. The molecule has 0 saturated carbocycles. The average molecular weight is 404 g/mol. The van der Waals surface area contributed by atoms with Crippen LogP contribution >= 0.6 is 0 Å². The number of ether oxygens (including phenoxy) is 1. The number of aromatic nitrogens is 3. The van der Waals surface area contributed by atoms with Gasteiger partial charge in [0.05, 0.1) is 11.4 Å². The van der Waals surface area contributed by atoms with Crippen molar-refractivity contribution in [3.63, 3.8) is 0 Å². The molecule has 5 nitrogen and oxygen atoms in total. The van der Waals surface area contributed by atoms with Gasteiger partial charge in [0, 0.05) is 30.2 Å². The summed E-state index contributed by atoms with van der Waals surface area (Å²) >= 11 is 0. The van der Waals surface area contributed by atoms with Gasteiger partial charge >= 0.3 is 0 Å². The lowest BCUT2D eigenvalue weighted by Crippen LogP contribution is -1.99. The number of pyridine rings is 3. The van der Waals surface area contributed by atoms with E-state index in [4.69, 9.17) is 4.74 Å². The molecule has 0 radical (unpaired) electrons. The quantitative estimate of drug-likeness (QED) is 0.444. The van der Waals surface area contributed by atoms with E-state index in [0.29, 0.717) is 28.7 Å². The summed E-state index contributed by atoms with van der Waals surface area (Å²) < 4.78 is 33.4. The summed E-state index contributed by atoms with van der Waals surface area (Å²) in [4.78, 5) is 13.2. The summed E-state index contributed by atoms with van der Waals surface area (Å²) in [6, 6.07) is 13.9. The number of nitrogens with zero attached hydrogens (tertiary/aromatic N) is 3. The van der Waals surface area contributed by atoms with Crippen LogP contribution < -0.4 is 10.1 Å². The molecule has 7 heteroatoms. The Labute approximate surface area is 172 Å². The summed E-state index contributed by atoms with van der Waals surface area (Å²) in [7, 11) is 0. The van der Waals surface area contributed by atoms with Crippen LogP contribution in [0.15, 0.2) is 67.0 Å². The molecule has 0 fully saturated rings. The first-order valence-corrected chi connectivity index (χ1v) is 9.25. The fourth-order valence-electron chi connectivity index (χ4n) is 2.85. The van der Waals surface area contributed by atoms with Crippen molar-refractivity contribution >= 4 is 11.5 Å². The zero-order chi connectivity index (χ0) is 21.1. The van der Waals surface area contributed by atoms with E-state index >= 15 is 0 Å². The monoisotopic (exact) mass is 404 g/mol. The van der Waals surface area contributed by atoms with Crippen molar-refractivity contribution < 1.29 is 13.5 Å². The van der Waals surface area contributed by atoms with E-state index in [1.165, 1.54) is 6.20 Å². The number of aryl methyl sites for hydroxylation is 2. The number of rotatable bonds is 5. The average Bonchev–Trinajstić information content (AvgIpc) is 2.74. The van der Waals surface area contributed by atoms with Crippen molar-refractivity contribution in [2.24, 2.45) is 0 Å². The lowest BCUT2D eigenvalue weighted by Gasteiger charge is -2.14. The minimum absolute atomic E-state index is 0.0123. The summed E-state index contributed by atoms with van der Waals surface area (Å²) in [5.74, 6) is 0.179. The van der Waals surface area contributed by atoms with Crippen LogP contribution in [0.3, 0.4) is 0 Å². The Hall–Kier alpha value is -3.87. The van der Waals surface area contributed by atoms with Gasteiger partial charge < -0.3 is 10.1 Å². The zero-order valence-electron chi connectivity index (χ0n) is 16.4. The van der Waals surface area contributed by atoms with E-state index in [1.807, 2.05) is 38.1 Å². The topological polar surface area (TPSA) is 59.9 Å². The first kappa shape index (κ1) is 19.4. The fourth-order valence-corrected chi connectivity index (χ4v) is 2.85. The number of nitrogens with one attached hydrogen (secondary N) is 1. The van der Waals surface area contributed by atoms with Gasteiger partial charge in [0.25, 0.3) is 0 Å². The standard InChI is InChI=1S/C23H18F2N4O/c1-14-11-21(23(28-15(14)2)19-5-3-4-9-26-19)30-17-8-10-27-22(13-17)29-20-12-16(24)6-7-18(20)25/h3-13H,1-2H3,(H,27,29). The van der Waals surface area contributed by atoms with Gasteiger partial charge in [-0.2, -0.15) is 0 Å². The molecule has 1 aromatic carbocycles. The third kappa shape index (κ3) is 4.25. The maximum atomic E-state index is 13.9. The highest BCUT2D eigenvalue weighted by Gasteiger charge is 2.14. The molecule has 0 saturated heterocycles. The Morgan fingerprint density at radius 2 is 1.77 bits per heavy atom. The Balaban J connectivity index is 1.66. The largest absolute Gasteiger partial charge is 0.455 e. The predicted molar refractivity (Wildman–Crippen MR) is 111 cm³/mol. The van der Waals surface area contributed by atoms with E-state index in [-0.39, 0.29) is 5.69 Å². The van der Waals surface area contributed by atoms with Crippen LogP contribution in [0.5, 0.6) is 11.5 Å². The molecule has 0 amide bonds. The second-order valence-corrected chi connectivity index (χ2v) is 6.68. The van der Waals surface area contributed by atoms with Crippen LogP contribution in [0.2, 0.25) is 0 Å². The van der Waals surface area contributed by atoms with Crippen molar-refractivity contribution in [3.8, 4) is 22.9 Å². The van der Waals surface area contributed by atoms with Crippen molar-refractivity contribution in [1.29, 1.82) is 0 Å². The van der Waals surface area contributed by atoms with Gasteiger partial charge in [-0.25, -0.2) is 18.7 Å². The third-order valence-corrected chi connectivity index (χ3v) is 4.49. The summed E-state index contributed by atoms with van der Waals surface area (Å²) in [6.45, 7) is 3.87. The number of benzene rings is 1. The van der Waals surface area contributed by atoms with Crippen LogP contribution in [-0.4, -0.2) is 15.0 Å². The van der Waals surface area contributed by atoms with E-state index < -0.39 is 11.6 Å². The van der Waals surface area contributed by atoms with Gasteiger partial charge in [0.2, 0.25) is 0 Å². The van der Waals surface area contributed by atoms with E-state index in [1.54, 1.807) is 18.3 Å². The smallest absolute Gasteiger partial charge is 0.155 e. The van der Waals surface area contributed by atoms with Crippen LogP contribution in [0.4, 0.5) is 20.3 Å². The van der Waals surface area contributed by atoms with E-state index in [2.05, 4.69) is 20.3 Å². The van der Waals surface area contributed by atoms with Crippen LogP contribution in [-0.2, 0) is 0 Å². The molecule has 3 aromatic heterocycles. The number of anilines is 2. The van der Waals surface area contributed by atoms with E-state index in [0.717, 1.165) is 29.5 Å². The highest BCUT2D eigenvalue weighted by atomic mass is 19.1. The maximum absolute atomic E-state index is 13.9. The van der Waals surface area contributed by atoms with Crippen molar-refractivity contribution in [3.05, 3.63) is 89.9 Å². The van der Waals surface area contributed by atoms with Crippen LogP contribution in [0, 0.1) is 25.5 Å². The second-order valence-electron chi connectivity index (χ2n) is 6.68. The first-order chi connectivity index (χ1) is 14.5. The number of hydrogen-bond donors (Lipinski definition) is 1. The molecule has 0 aliphatic rings. The molecular formula is C23H18F2N4O. The van der Waals surface area contributed by atoms with Gasteiger partial charge in [-0.05, 0) is 55.8 Å². The van der Waals surface area contributed by atoms with E-state index in [9.17, 15) is 8.78 Å². The molecular weight excluding hydrogens is 386 g/mol. The zero-order valence-corrected chi connectivity index (χ0v) is 16.4. The molecule has 4 aromatic rings. The molecule has 150 valence electrons. The molecule has 4 rings (SSSR count). The molecule has 0 atom stereocenters. The summed E-state index contributed by atoms with van der Waals surface area (Å²) in [6.07, 6.45) is 3.21. The Bertz CT molecular complexity index is 1200. The van der Waals surface area contributed by atoms with Crippen LogP contribution in [0.1, 0.15) is 11.3 Å². The molecule has 0 unspecified atom stereocenters. The Morgan fingerprint density at radius 3 is 2.57 bits per heavy atom. The molecule has 1 N–H and O–H groups in total. The normalized spacial score (nSPS) is 10.7. The fraction of sp³-hybridized carbons (Fsp3) is 0.0870. The highest BCUT2D eigenvalue weighted by Crippen LogP contribution is 2.33. The molecule has 0 bridgehead atoms. The Morgan fingerprint density at radius 1 is 0.900 bits per heavy atom. The Kier molecular flexibility index (Phi) is 5.34. The van der Waals surface area contributed by atoms with Gasteiger partial charge in [0.1, 0.15) is 28.9 Å². The SMILES string of the molecule is Cc1cc(Oc2ccnc(Nc3cc(F)ccc3F)c2)c(-c2ccccn2)nc1C. The first-order valence-electron chi connectivity index (χ1n) is 9.25. The summed E-state index contributed by atoms with van der Waals surface area (Å²) in [5, 5.41) is 2.77. The van der Waals surface area contributed by atoms with Crippen LogP contribution in [0.25, 0.3) is 11.4 Å². The maximum Gasteiger partial charge on any atom is 0.155 e. The number of halogens is 2. The van der Waals surface area contributed by atoms with Crippen molar-refractivity contribution in [2.45, 2.75) is 13.8 Å². The summed E-state index contributed by atoms with van der Waals surface area (Å²) in [5.41, 5.74) is 3.13. The van der Waals surface area contributed by atoms with Gasteiger partial charge in [-0.3, -0.25) is 4.98 Å². The molecule has 0 aliphatic carbocycles. The van der Waals surface area contributed by atoms with Crippen molar-refractivity contribution in [2.75, 3.05) is 5.32 Å². The predicted octanol–water partition coefficient (Wildman–Crippen LogP) is 5.97. The molecule has 3 heterocycles. The minimum Gasteiger partial charge on any atom is -0.455 e.